The minimum atomic E-state index is -3.22. The van der Waals surface area contributed by atoms with Crippen LogP contribution < -0.4 is 10.0 Å². The minimum absolute atomic E-state index is 0.346. The number of hydrogen-bond acceptors (Lipinski definition) is 4. The van der Waals surface area contributed by atoms with Crippen molar-refractivity contribution in [3.05, 3.63) is 0 Å². The summed E-state index contributed by atoms with van der Waals surface area (Å²) in [6, 6.07) is 0.545. The lowest BCUT2D eigenvalue weighted by molar-refractivity contribution is 0.0626. The molecule has 0 aromatic rings. The fourth-order valence-electron chi connectivity index (χ4n) is 2.34. The van der Waals surface area contributed by atoms with Gasteiger partial charge in [0.25, 0.3) is 0 Å². The van der Waals surface area contributed by atoms with Crippen molar-refractivity contribution in [2.24, 2.45) is 0 Å². The third-order valence-electron chi connectivity index (χ3n) is 3.86. The Morgan fingerprint density at radius 1 is 1.21 bits per heavy atom. The van der Waals surface area contributed by atoms with Crippen LogP contribution in [0.25, 0.3) is 0 Å². The van der Waals surface area contributed by atoms with Gasteiger partial charge in [-0.2, -0.15) is 0 Å². The van der Waals surface area contributed by atoms with E-state index in [0.717, 1.165) is 12.8 Å². The third-order valence-corrected chi connectivity index (χ3v) is 5.69. The zero-order valence-corrected chi connectivity index (χ0v) is 12.5. The molecule has 2 aliphatic rings. The highest BCUT2D eigenvalue weighted by molar-refractivity contribution is 7.90. The quantitative estimate of drug-likeness (QED) is 0.622. The molecule has 2 fully saturated rings. The topological polar surface area (TPSA) is 67.4 Å². The Hall–Kier alpha value is -0.170. The second kappa shape index (κ2) is 7.02. The molecular weight excluding hydrogens is 264 g/mol. The van der Waals surface area contributed by atoms with Crippen LogP contribution in [0, 0.1) is 0 Å². The average molecular weight is 290 g/mol. The molecular formula is C13H26N2O3S. The summed E-state index contributed by atoms with van der Waals surface area (Å²) in [5.74, 6) is 0. The first-order chi connectivity index (χ1) is 9.08. The molecule has 0 heterocycles. The van der Waals surface area contributed by atoms with E-state index in [-0.39, 0.29) is 5.25 Å². The summed E-state index contributed by atoms with van der Waals surface area (Å²) in [6.45, 7) is 3.14. The third kappa shape index (κ3) is 5.38. The zero-order chi connectivity index (χ0) is 13.7. The van der Waals surface area contributed by atoms with E-state index in [4.69, 9.17) is 4.74 Å². The molecule has 5 nitrogen and oxygen atoms in total. The van der Waals surface area contributed by atoms with Crippen LogP contribution in [0.2, 0.25) is 0 Å². The Labute approximate surface area is 116 Å². The predicted molar refractivity (Wildman–Crippen MR) is 75.6 cm³/mol. The predicted octanol–water partition coefficient (Wildman–Crippen LogP) is 1.01. The van der Waals surface area contributed by atoms with Crippen molar-refractivity contribution in [2.75, 3.05) is 19.7 Å². The van der Waals surface area contributed by atoms with E-state index in [9.17, 15) is 8.42 Å². The summed E-state index contributed by atoms with van der Waals surface area (Å²) in [4.78, 5) is 0. The number of sulfonamides is 1. The summed E-state index contributed by atoms with van der Waals surface area (Å²) in [6.07, 6.45) is 7.41. The zero-order valence-electron chi connectivity index (χ0n) is 11.7. The van der Waals surface area contributed by atoms with Crippen LogP contribution in [0.15, 0.2) is 0 Å². The van der Waals surface area contributed by atoms with Crippen LogP contribution in [0.4, 0.5) is 0 Å². The monoisotopic (exact) mass is 290 g/mol. The van der Waals surface area contributed by atoms with Crippen molar-refractivity contribution < 1.29 is 13.2 Å². The van der Waals surface area contributed by atoms with Crippen molar-refractivity contribution in [1.82, 2.24) is 10.0 Å². The molecule has 0 amide bonds. The molecule has 0 radical (unpaired) electrons. The van der Waals surface area contributed by atoms with E-state index in [1.165, 1.54) is 25.7 Å². The van der Waals surface area contributed by atoms with Crippen molar-refractivity contribution >= 4 is 10.0 Å². The molecule has 0 spiro atoms. The van der Waals surface area contributed by atoms with E-state index in [1.54, 1.807) is 6.92 Å². The number of rotatable bonds is 9. The molecule has 19 heavy (non-hydrogen) atoms. The van der Waals surface area contributed by atoms with E-state index in [2.05, 4.69) is 10.0 Å². The van der Waals surface area contributed by atoms with Gasteiger partial charge in [0, 0.05) is 19.1 Å². The Morgan fingerprint density at radius 2 is 1.89 bits per heavy atom. The van der Waals surface area contributed by atoms with Gasteiger partial charge < -0.3 is 10.1 Å². The minimum Gasteiger partial charge on any atom is -0.377 e. The molecule has 0 saturated heterocycles. The van der Waals surface area contributed by atoms with Gasteiger partial charge in [0.15, 0.2) is 0 Å². The number of ether oxygens (including phenoxy) is 1. The van der Waals surface area contributed by atoms with Crippen LogP contribution in [-0.4, -0.2) is 45.5 Å². The molecule has 0 bridgehead atoms. The normalized spacial score (nSPS) is 22.8. The van der Waals surface area contributed by atoms with Crippen LogP contribution in [0.3, 0.4) is 0 Å². The smallest absolute Gasteiger partial charge is 0.215 e. The van der Waals surface area contributed by atoms with Gasteiger partial charge in [-0.1, -0.05) is 12.8 Å². The lowest BCUT2D eigenvalue weighted by atomic mass is 10.3. The maximum atomic E-state index is 12.0. The van der Waals surface area contributed by atoms with Crippen LogP contribution in [0.5, 0.6) is 0 Å². The maximum Gasteiger partial charge on any atom is 0.215 e. The standard InChI is InChI=1S/C13H26N2O3S/c1-11(10-14-12-6-7-12)19(16,17)15-8-9-18-13-4-2-3-5-13/h11-15H,2-10H2,1H3. The molecule has 2 saturated carbocycles. The van der Waals surface area contributed by atoms with Crippen molar-refractivity contribution in [3.63, 3.8) is 0 Å². The Balaban J connectivity index is 1.58. The van der Waals surface area contributed by atoms with Crippen molar-refractivity contribution in [3.8, 4) is 0 Å². The van der Waals surface area contributed by atoms with Gasteiger partial charge in [0.05, 0.1) is 18.0 Å². The SMILES string of the molecule is CC(CNC1CC1)S(=O)(=O)NCCOC1CCCC1. The van der Waals surface area contributed by atoms with Gasteiger partial charge in [-0.15, -0.1) is 0 Å². The Morgan fingerprint density at radius 3 is 2.53 bits per heavy atom. The molecule has 1 unspecified atom stereocenters. The van der Waals surface area contributed by atoms with E-state index < -0.39 is 10.0 Å². The van der Waals surface area contributed by atoms with Gasteiger partial charge in [-0.3, -0.25) is 0 Å². The molecule has 2 rings (SSSR count). The Kier molecular flexibility index (Phi) is 5.62. The molecule has 0 aromatic carbocycles. The largest absolute Gasteiger partial charge is 0.377 e. The second-order valence-electron chi connectivity index (χ2n) is 5.71. The van der Waals surface area contributed by atoms with Crippen LogP contribution in [0.1, 0.15) is 45.4 Å². The molecule has 112 valence electrons. The van der Waals surface area contributed by atoms with E-state index in [1.807, 2.05) is 0 Å². The number of hydrogen-bond donors (Lipinski definition) is 2. The fourth-order valence-corrected chi connectivity index (χ4v) is 3.30. The second-order valence-corrected chi connectivity index (χ2v) is 7.89. The van der Waals surface area contributed by atoms with Gasteiger partial charge >= 0.3 is 0 Å². The molecule has 1 atom stereocenters. The summed E-state index contributed by atoms with van der Waals surface area (Å²) < 4.78 is 32.2. The molecule has 2 N–H and O–H groups in total. The van der Waals surface area contributed by atoms with Gasteiger partial charge in [-0.05, 0) is 32.6 Å². The maximum absolute atomic E-state index is 12.0. The Bertz CT molecular complexity index is 362. The van der Waals surface area contributed by atoms with Gasteiger partial charge in [0.1, 0.15) is 0 Å². The highest BCUT2D eigenvalue weighted by atomic mass is 32.2. The van der Waals surface area contributed by atoms with Crippen LogP contribution in [-0.2, 0) is 14.8 Å². The van der Waals surface area contributed by atoms with E-state index >= 15 is 0 Å². The first-order valence-corrected chi connectivity index (χ1v) is 8.96. The highest BCUT2D eigenvalue weighted by Crippen LogP contribution is 2.20. The van der Waals surface area contributed by atoms with E-state index in [0.29, 0.717) is 31.8 Å². The molecule has 0 aliphatic heterocycles. The molecule has 2 aliphatic carbocycles. The summed E-state index contributed by atoms with van der Waals surface area (Å²) in [5.41, 5.74) is 0. The van der Waals surface area contributed by atoms with Gasteiger partial charge in [-0.25, -0.2) is 13.1 Å². The van der Waals surface area contributed by atoms with Crippen LogP contribution >= 0.6 is 0 Å². The average Bonchev–Trinajstić information content (AvgIpc) is 3.06. The lowest BCUT2D eigenvalue weighted by Gasteiger charge is -2.15. The highest BCUT2D eigenvalue weighted by Gasteiger charge is 2.25. The summed E-state index contributed by atoms with van der Waals surface area (Å²) >= 11 is 0. The molecule has 0 aromatic heterocycles. The number of nitrogens with one attached hydrogen (secondary N) is 2. The summed E-state index contributed by atoms with van der Waals surface area (Å²) in [5, 5.41) is 2.86. The first-order valence-electron chi connectivity index (χ1n) is 7.41. The first kappa shape index (κ1) is 15.2. The molecule has 6 heteroatoms. The lowest BCUT2D eigenvalue weighted by Crippen LogP contribution is -2.40. The van der Waals surface area contributed by atoms with Gasteiger partial charge in [0.2, 0.25) is 10.0 Å². The fraction of sp³-hybridized carbons (Fsp3) is 1.00. The summed E-state index contributed by atoms with van der Waals surface area (Å²) in [7, 11) is -3.22. The van der Waals surface area contributed by atoms with Crippen molar-refractivity contribution in [1.29, 1.82) is 0 Å². The van der Waals surface area contributed by atoms with Crippen molar-refractivity contribution in [2.45, 2.75) is 62.8 Å².